The average molecular weight is 601 g/mol. The van der Waals surface area contributed by atoms with Crippen molar-refractivity contribution in [1.29, 1.82) is 0 Å². The zero-order valence-corrected chi connectivity index (χ0v) is 24.6. The van der Waals surface area contributed by atoms with E-state index in [0.717, 1.165) is 31.9 Å². The zero-order valence-electron chi connectivity index (χ0n) is 22.1. The highest BCUT2D eigenvalue weighted by Gasteiger charge is 2.33. The summed E-state index contributed by atoms with van der Waals surface area (Å²) >= 11 is 3.42. The van der Waals surface area contributed by atoms with E-state index in [9.17, 15) is 18.0 Å². The van der Waals surface area contributed by atoms with Crippen LogP contribution in [0.4, 0.5) is 5.69 Å². The largest absolute Gasteiger partial charge is 0.354 e. The predicted molar refractivity (Wildman–Crippen MR) is 154 cm³/mol. The lowest BCUT2D eigenvalue weighted by molar-refractivity contribution is -0.139. The molecule has 7 nitrogen and oxygen atoms in total. The molecule has 3 aromatic rings. The van der Waals surface area contributed by atoms with Crippen molar-refractivity contribution in [2.75, 3.05) is 17.4 Å². The van der Waals surface area contributed by atoms with Crippen molar-refractivity contribution in [3.63, 3.8) is 0 Å². The summed E-state index contributed by atoms with van der Waals surface area (Å²) in [6, 6.07) is 20.2. The Hall–Kier alpha value is -3.17. The Balaban J connectivity index is 2.04. The molecule has 38 heavy (non-hydrogen) atoms. The third kappa shape index (κ3) is 7.23. The molecular weight excluding hydrogens is 566 g/mol. The monoisotopic (exact) mass is 599 g/mol. The quantitative estimate of drug-likeness (QED) is 0.328. The molecule has 0 saturated heterocycles. The van der Waals surface area contributed by atoms with Crippen LogP contribution in [-0.2, 0) is 26.2 Å². The maximum atomic E-state index is 13.9. The fourth-order valence-corrected chi connectivity index (χ4v) is 5.74. The molecule has 202 valence electrons. The number of amides is 2. The maximum absolute atomic E-state index is 13.9. The number of aryl methyl sites for hydroxylation is 2. The Morgan fingerprint density at radius 3 is 2.26 bits per heavy atom. The van der Waals surface area contributed by atoms with Gasteiger partial charge in [0.05, 0.1) is 10.6 Å². The molecule has 0 bridgehead atoms. The summed E-state index contributed by atoms with van der Waals surface area (Å²) in [6.07, 6.45) is 0.759. The molecular formula is C29H34BrN3O4S. The smallest absolute Gasteiger partial charge is 0.264 e. The molecule has 1 atom stereocenters. The average Bonchev–Trinajstić information content (AvgIpc) is 2.91. The minimum absolute atomic E-state index is 0.0851. The number of rotatable bonds is 11. The van der Waals surface area contributed by atoms with Gasteiger partial charge in [0.15, 0.2) is 0 Å². The SMILES string of the molecule is CCCNC(=O)C(C)N(Cc1ccc(Br)cc1)C(=O)CN(c1cc(C)ccc1C)S(=O)(=O)c1ccccc1. The molecule has 0 fully saturated rings. The zero-order chi connectivity index (χ0) is 27.9. The molecule has 3 aromatic carbocycles. The lowest BCUT2D eigenvalue weighted by atomic mass is 10.1. The topological polar surface area (TPSA) is 86.8 Å². The van der Waals surface area contributed by atoms with E-state index in [2.05, 4.69) is 21.2 Å². The number of carbonyl (C=O) groups is 2. The second-order valence-corrected chi connectivity index (χ2v) is 12.0. The first kappa shape index (κ1) is 29.4. The number of benzene rings is 3. The van der Waals surface area contributed by atoms with Crippen LogP contribution in [0.2, 0.25) is 0 Å². The van der Waals surface area contributed by atoms with Crippen molar-refractivity contribution in [1.82, 2.24) is 10.2 Å². The molecule has 0 aliphatic heterocycles. The third-order valence-electron chi connectivity index (χ3n) is 6.23. The first-order chi connectivity index (χ1) is 18.0. The van der Waals surface area contributed by atoms with Crippen molar-refractivity contribution in [2.45, 2.75) is 51.6 Å². The van der Waals surface area contributed by atoms with Crippen molar-refractivity contribution in [2.24, 2.45) is 0 Å². The standard InChI is InChI=1S/C29H34BrN3O4S/c1-5-17-31-29(35)23(4)32(19-24-13-15-25(30)16-14-24)28(34)20-33(27-18-21(2)11-12-22(27)3)38(36,37)26-9-7-6-8-10-26/h6-16,18,23H,5,17,19-20H2,1-4H3,(H,31,35). The molecule has 1 N–H and O–H groups in total. The van der Waals surface area contributed by atoms with Gasteiger partial charge in [0.1, 0.15) is 12.6 Å². The van der Waals surface area contributed by atoms with E-state index in [4.69, 9.17) is 0 Å². The highest BCUT2D eigenvalue weighted by Crippen LogP contribution is 2.28. The summed E-state index contributed by atoms with van der Waals surface area (Å²) in [7, 11) is -4.08. The number of nitrogens with one attached hydrogen (secondary N) is 1. The Morgan fingerprint density at radius 1 is 0.974 bits per heavy atom. The Bertz CT molecular complexity index is 1360. The molecule has 2 amide bonds. The van der Waals surface area contributed by atoms with Gasteiger partial charge >= 0.3 is 0 Å². The highest BCUT2D eigenvalue weighted by molar-refractivity contribution is 9.10. The van der Waals surface area contributed by atoms with Crippen molar-refractivity contribution < 1.29 is 18.0 Å². The first-order valence-electron chi connectivity index (χ1n) is 12.5. The summed E-state index contributed by atoms with van der Waals surface area (Å²) < 4.78 is 29.8. The molecule has 0 radical (unpaired) electrons. The minimum atomic E-state index is -4.08. The van der Waals surface area contributed by atoms with Gasteiger partial charge in [-0.2, -0.15) is 0 Å². The van der Waals surface area contributed by atoms with Crippen LogP contribution in [0.15, 0.2) is 82.2 Å². The Morgan fingerprint density at radius 2 is 1.63 bits per heavy atom. The van der Waals surface area contributed by atoms with E-state index in [-0.39, 0.29) is 17.3 Å². The van der Waals surface area contributed by atoms with Crippen LogP contribution < -0.4 is 9.62 Å². The molecule has 3 rings (SSSR count). The molecule has 0 aromatic heterocycles. The number of sulfonamides is 1. The van der Waals surface area contributed by atoms with Gasteiger partial charge in [-0.25, -0.2) is 8.42 Å². The van der Waals surface area contributed by atoms with E-state index in [0.29, 0.717) is 12.2 Å². The van der Waals surface area contributed by atoms with E-state index >= 15 is 0 Å². The Kier molecular flexibility index (Phi) is 10.1. The molecule has 1 unspecified atom stereocenters. The normalized spacial score (nSPS) is 12.0. The van der Waals surface area contributed by atoms with E-state index < -0.39 is 28.5 Å². The van der Waals surface area contributed by atoms with Crippen LogP contribution in [0.5, 0.6) is 0 Å². The van der Waals surface area contributed by atoms with Crippen molar-refractivity contribution in [3.05, 3.63) is 94.0 Å². The number of anilines is 1. The fourth-order valence-electron chi connectivity index (χ4n) is 3.99. The fraction of sp³-hybridized carbons (Fsp3) is 0.310. The lowest BCUT2D eigenvalue weighted by Gasteiger charge is -2.32. The molecule has 9 heteroatoms. The number of hydrogen-bond donors (Lipinski definition) is 1. The first-order valence-corrected chi connectivity index (χ1v) is 14.7. The van der Waals surface area contributed by atoms with E-state index in [1.807, 2.05) is 57.2 Å². The second-order valence-electron chi connectivity index (χ2n) is 9.23. The second kappa shape index (κ2) is 13.1. The molecule has 0 aliphatic rings. The molecule has 0 aliphatic carbocycles. The maximum Gasteiger partial charge on any atom is 0.264 e. The van der Waals surface area contributed by atoms with Crippen LogP contribution in [0.1, 0.15) is 37.0 Å². The van der Waals surface area contributed by atoms with Crippen LogP contribution in [0.3, 0.4) is 0 Å². The summed E-state index contributed by atoms with van der Waals surface area (Å²) in [5.74, 6) is -0.769. The van der Waals surface area contributed by atoms with Crippen LogP contribution in [-0.4, -0.2) is 44.3 Å². The predicted octanol–water partition coefficient (Wildman–Crippen LogP) is 5.20. The highest BCUT2D eigenvalue weighted by atomic mass is 79.9. The summed E-state index contributed by atoms with van der Waals surface area (Å²) in [6.45, 7) is 7.48. The van der Waals surface area contributed by atoms with Crippen molar-refractivity contribution >= 4 is 43.5 Å². The van der Waals surface area contributed by atoms with Crippen LogP contribution in [0.25, 0.3) is 0 Å². The third-order valence-corrected chi connectivity index (χ3v) is 8.53. The summed E-state index contributed by atoms with van der Waals surface area (Å²) in [5.41, 5.74) is 2.83. The van der Waals surface area contributed by atoms with Gasteiger partial charge < -0.3 is 10.2 Å². The van der Waals surface area contributed by atoms with Gasteiger partial charge in [-0.1, -0.05) is 65.3 Å². The van der Waals surface area contributed by atoms with Gasteiger partial charge in [0, 0.05) is 17.6 Å². The van der Waals surface area contributed by atoms with Gasteiger partial charge in [0.25, 0.3) is 10.0 Å². The summed E-state index contributed by atoms with van der Waals surface area (Å²) in [4.78, 5) is 28.4. The Labute approximate surface area is 234 Å². The van der Waals surface area contributed by atoms with Gasteiger partial charge in [-0.3, -0.25) is 13.9 Å². The van der Waals surface area contributed by atoms with Crippen LogP contribution >= 0.6 is 15.9 Å². The van der Waals surface area contributed by atoms with Gasteiger partial charge in [-0.05, 0) is 74.2 Å². The molecule has 0 spiro atoms. The van der Waals surface area contributed by atoms with Crippen molar-refractivity contribution in [3.8, 4) is 0 Å². The molecule has 0 saturated carbocycles. The van der Waals surface area contributed by atoms with E-state index in [1.54, 1.807) is 31.2 Å². The number of hydrogen-bond acceptors (Lipinski definition) is 4. The molecule has 0 heterocycles. The number of halogens is 1. The number of nitrogens with zero attached hydrogens (tertiary/aromatic N) is 2. The van der Waals surface area contributed by atoms with Crippen LogP contribution in [0, 0.1) is 13.8 Å². The van der Waals surface area contributed by atoms with E-state index in [1.165, 1.54) is 17.0 Å². The van der Waals surface area contributed by atoms with Gasteiger partial charge in [0.2, 0.25) is 11.8 Å². The number of carbonyl (C=O) groups excluding carboxylic acids is 2. The van der Waals surface area contributed by atoms with Gasteiger partial charge in [-0.15, -0.1) is 0 Å². The summed E-state index contributed by atoms with van der Waals surface area (Å²) in [5, 5.41) is 2.85. The minimum Gasteiger partial charge on any atom is -0.354 e. The lowest BCUT2D eigenvalue weighted by Crippen LogP contribution is -2.51.